The second-order valence-corrected chi connectivity index (χ2v) is 7.28. The number of nitrogens with zero attached hydrogens (tertiary/aromatic N) is 3. The second-order valence-electron chi connectivity index (χ2n) is 6.87. The first-order chi connectivity index (χ1) is 13.5. The molecule has 0 bridgehead atoms. The minimum absolute atomic E-state index is 0.262. The number of aromatic nitrogens is 3. The number of anilines is 1. The van der Waals surface area contributed by atoms with Crippen LogP contribution in [0.3, 0.4) is 0 Å². The Morgan fingerprint density at radius 1 is 0.964 bits per heavy atom. The van der Waals surface area contributed by atoms with Crippen LogP contribution in [0.2, 0.25) is 5.02 Å². The highest BCUT2D eigenvalue weighted by molar-refractivity contribution is 6.34. The summed E-state index contributed by atoms with van der Waals surface area (Å²) >= 11 is 6.10. The Morgan fingerprint density at radius 3 is 2.39 bits per heavy atom. The number of halogens is 1. The first-order valence-corrected chi connectivity index (χ1v) is 9.42. The Bertz CT molecular complexity index is 1150. The van der Waals surface area contributed by atoms with Crippen LogP contribution < -0.4 is 5.32 Å². The average molecular weight is 391 g/mol. The summed E-state index contributed by atoms with van der Waals surface area (Å²) in [6.07, 6.45) is 0. The first-order valence-electron chi connectivity index (χ1n) is 9.04. The molecule has 140 valence electrons. The molecule has 0 aliphatic carbocycles. The van der Waals surface area contributed by atoms with Gasteiger partial charge in [0, 0.05) is 5.69 Å². The van der Waals surface area contributed by atoms with Gasteiger partial charge in [0.1, 0.15) is 11.0 Å². The predicted octanol–water partition coefficient (Wildman–Crippen LogP) is 5.45. The highest BCUT2D eigenvalue weighted by Gasteiger charge is 2.11. The summed E-state index contributed by atoms with van der Waals surface area (Å²) in [5, 5.41) is 12.3. The summed E-state index contributed by atoms with van der Waals surface area (Å²) in [5.74, 6) is 0.213. The minimum Gasteiger partial charge on any atom is -0.322 e. The molecule has 1 amide bonds. The van der Waals surface area contributed by atoms with Gasteiger partial charge in [0.15, 0.2) is 0 Å². The monoisotopic (exact) mass is 390 g/mol. The van der Waals surface area contributed by atoms with Crippen LogP contribution in [-0.4, -0.2) is 20.9 Å². The fourth-order valence-corrected chi connectivity index (χ4v) is 3.17. The normalized spacial score (nSPS) is 11.1. The third kappa shape index (κ3) is 3.62. The lowest BCUT2D eigenvalue weighted by Crippen LogP contribution is -2.12. The number of benzene rings is 3. The van der Waals surface area contributed by atoms with E-state index in [1.165, 1.54) is 5.56 Å². The zero-order chi connectivity index (χ0) is 19.7. The van der Waals surface area contributed by atoms with Crippen molar-refractivity contribution >= 4 is 34.2 Å². The molecule has 0 aliphatic heterocycles. The minimum atomic E-state index is -0.262. The number of rotatable bonds is 4. The van der Waals surface area contributed by atoms with E-state index in [0.717, 1.165) is 11.2 Å². The fraction of sp³-hybridized carbons (Fsp3) is 0.136. The quantitative estimate of drug-likeness (QED) is 0.504. The highest BCUT2D eigenvalue weighted by atomic mass is 35.5. The van der Waals surface area contributed by atoms with E-state index in [4.69, 9.17) is 11.6 Å². The molecule has 0 saturated carbocycles. The van der Waals surface area contributed by atoms with Crippen molar-refractivity contribution in [3.8, 4) is 5.69 Å². The number of hydrogen-bond donors (Lipinski definition) is 1. The summed E-state index contributed by atoms with van der Waals surface area (Å²) < 4.78 is 0. The van der Waals surface area contributed by atoms with Gasteiger partial charge in [-0.05, 0) is 53.9 Å². The Kier molecular flexibility index (Phi) is 4.84. The number of carbonyl (C=O) groups excluding carboxylic acids is 1. The fourth-order valence-electron chi connectivity index (χ4n) is 2.94. The molecule has 6 heteroatoms. The summed E-state index contributed by atoms with van der Waals surface area (Å²) in [7, 11) is 0. The van der Waals surface area contributed by atoms with Crippen molar-refractivity contribution in [2.24, 2.45) is 0 Å². The van der Waals surface area contributed by atoms with Gasteiger partial charge in [-0.15, -0.1) is 10.2 Å². The maximum Gasteiger partial charge on any atom is 0.257 e. The Labute approximate surface area is 167 Å². The van der Waals surface area contributed by atoms with Gasteiger partial charge in [-0.2, -0.15) is 4.80 Å². The molecular formula is C22H19ClN4O. The molecule has 0 unspecified atom stereocenters. The summed E-state index contributed by atoms with van der Waals surface area (Å²) in [6.45, 7) is 4.32. The molecule has 4 rings (SSSR count). The standard InChI is InChI=1S/C22H19ClN4O/c1-14(2)15-7-10-17(11-8-15)27-25-20-12-9-16(13-21(20)26-27)24-22(28)18-5-3-4-6-19(18)23/h3-14H,1-2H3,(H,24,28). The SMILES string of the molecule is CC(C)c1ccc(-n2nc3ccc(NC(=O)c4ccccc4Cl)cc3n2)cc1. The smallest absolute Gasteiger partial charge is 0.257 e. The molecule has 1 N–H and O–H groups in total. The molecule has 1 heterocycles. The van der Waals surface area contributed by atoms with E-state index in [2.05, 4.69) is 41.5 Å². The van der Waals surface area contributed by atoms with E-state index in [-0.39, 0.29) is 5.91 Å². The molecule has 1 aromatic heterocycles. The molecule has 0 saturated heterocycles. The van der Waals surface area contributed by atoms with Crippen LogP contribution >= 0.6 is 11.6 Å². The van der Waals surface area contributed by atoms with Crippen LogP contribution in [-0.2, 0) is 0 Å². The van der Waals surface area contributed by atoms with Crippen molar-refractivity contribution in [3.63, 3.8) is 0 Å². The van der Waals surface area contributed by atoms with Gasteiger partial charge in [0.05, 0.1) is 16.3 Å². The number of amides is 1. The average Bonchev–Trinajstić information content (AvgIpc) is 3.11. The molecule has 0 atom stereocenters. The first kappa shape index (κ1) is 18.2. The largest absolute Gasteiger partial charge is 0.322 e. The van der Waals surface area contributed by atoms with Gasteiger partial charge in [-0.3, -0.25) is 4.79 Å². The zero-order valence-corrected chi connectivity index (χ0v) is 16.3. The van der Waals surface area contributed by atoms with E-state index >= 15 is 0 Å². The topological polar surface area (TPSA) is 59.8 Å². The van der Waals surface area contributed by atoms with Crippen molar-refractivity contribution in [2.75, 3.05) is 5.32 Å². The van der Waals surface area contributed by atoms with Crippen LogP contribution in [0.1, 0.15) is 35.7 Å². The van der Waals surface area contributed by atoms with Crippen molar-refractivity contribution in [3.05, 3.63) is 82.9 Å². The van der Waals surface area contributed by atoms with Gasteiger partial charge < -0.3 is 5.32 Å². The van der Waals surface area contributed by atoms with E-state index in [9.17, 15) is 4.79 Å². The lowest BCUT2D eigenvalue weighted by atomic mass is 10.0. The Balaban J connectivity index is 1.60. The molecule has 5 nitrogen and oxygen atoms in total. The van der Waals surface area contributed by atoms with E-state index in [1.54, 1.807) is 41.2 Å². The third-order valence-electron chi connectivity index (χ3n) is 4.55. The third-order valence-corrected chi connectivity index (χ3v) is 4.88. The maximum absolute atomic E-state index is 12.4. The van der Waals surface area contributed by atoms with Gasteiger partial charge >= 0.3 is 0 Å². The molecular weight excluding hydrogens is 372 g/mol. The van der Waals surface area contributed by atoms with Crippen molar-refractivity contribution in [2.45, 2.75) is 19.8 Å². The number of nitrogens with one attached hydrogen (secondary N) is 1. The number of carbonyl (C=O) groups is 1. The van der Waals surface area contributed by atoms with Crippen LogP contribution in [0.25, 0.3) is 16.7 Å². The van der Waals surface area contributed by atoms with Gasteiger partial charge in [0.25, 0.3) is 5.91 Å². The lowest BCUT2D eigenvalue weighted by molar-refractivity contribution is 0.102. The van der Waals surface area contributed by atoms with Crippen molar-refractivity contribution in [1.29, 1.82) is 0 Å². The van der Waals surface area contributed by atoms with Crippen molar-refractivity contribution < 1.29 is 4.79 Å². The summed E-state index contributed by atoms with van der Waals surface area (Å²) in [5.41, 5.74) is 4.68. The van der Waals surface area contributed by atoms with Gasteiger partial charge in [0.2, 0.25) is 0 Å². The Hall–Kier alpha value is -3.18. The molecule has 0 spiro atoms. The number of hydrogen-bond acceptors (Lipinski definition) is 3. The molecule has 0 radical (unpaired) electrons. The molecule has 4 aromatic rings. The van der Waals surface area contributed by atoms with Crippen LogP contribution in [0, 0.1) is 0 Å². The summed E-state index contributed by atoms with van der Waals surface area (Å²) in [4.78, 5) is 14.1. The molecule has 28 heavy (non-hydrogen) atoms. The number of fused-ring (bicyclic) bond motifs is 1. The molecule has 0 aliphatic rings. The predicted molar refractivity (Wildman–Crippen MR) is 112 cm³/mol. The van der Waals surface area contributed by atoms with Gasteiger partial charge in [-0.1, -0.05) is 49.7 Å². The highest BCUT2D eigenvalue weighted by Crippen LogP contribution is 2.21. The maximum atomic E-state index is 12.4. The van der Waals surface area contributed by atoms with E-state index < -0.39 is 0 Å². The molecule has 3 aromatic carbocycles. The lowest BCUT2D eigenvalue weighted by Gasteiger charge is -2.06. The van der Waals surface area contributed by atoms with E-state index in [0.29, 0.717) is 27.7 Å². The van der Waals surface area contributed by atoms with E-state index in [1.807, 2.05) is 18.2 Å². The Morgan fingerprint density at radius 2 is 1.68 bits per heavy atom. The summed E-state index contributed by atoms with van der Waals surface area (Å²) in [6, 6.07) is 20.6. The van der Waals surface area contributed by atoms with Crippen molar-refractivity contribution in [1.82, 2.24) is 15.0 Å². The zero-order valence-electron chi connectivity index (χ0n) is 15.6. The van der Waals surface area contributed by atoms with Gasteiger partial charge in [-0.25, -0.2) is 0 Å². The van der Waals surface area contributed by atoms with Crippen LogP contribution in [0.15, 0.2) is 66.7 Å². The second kappa shape index (κ2) is 7.44. The van der Waals surface area contributed by atoms with Crippen LogP contribution in [0.5, 0.6) is 0 Å². The molecule has 0 fully saturated rings. The van der Waals surface area contributed by atoms with Crippen LogP contribution in [0.4, 0.5) is 5.69 Å².